The minimum Gasteiger partial charge on any atom is -0.378 e. The van der Waals surface area contributed by atoms with Gasteiger partial charge in [-0.1, -0.05) is 93.6 Å². The van der Waals surface area contributed by atoms with Gasteiger partial charge in [0.25, 0.3) is 11.5 Å². The molecular formula is C39H39N3O3S. The fourth-order valence-corrected chi connectivity index (χ4v) is 7.68. The molecule has 7 rings (SSSR count). The van der Waals surface area contributed by atoms with E-state index in [1.54, 1.807) is 22.3 Å². The van der Waals surface area contributed by atoms with Gasteiger partial charge in [-0.2, -0.15) is 0 Å². The van der Waals surface area contributed by atoms with Crippen molar-refractivity contribution in [3.8, 4) is 22.3 Å². The molecular weight excluding hydrogens is 591 g/mol. The zero-order valence-electron chi connectivity index (χ0n) is 26.5. The Kier molecular flexibility index (Phi) is 7.78. The fourth-order valence-electron chi connectivity index (χ4n) is 6.50. The Morgan fingerprint density at radius 2 is 1.65 bits per heavy atom. The number of aromatic amines is 1. The minimum absolute atomic E-state index is 0.00865. The molecule has 1 aliphatic heterocycles. The number of amides is 1. The molecule has 1 unspecified atom stereocenters. The van der Waals surface area contributed by atoms with Crippen molar-refractivity contribution >= 4 is 17.2 Å². The number of aliphatic hydroxyl groups is 1. The van der Waals surface area contributed by atoms with Crippen LogP contribution in [0.5, 0.6) is 0 Å². The quantitative estimate of drug-likeness (QED) is 0.203. The Morgan fingerprint density at radius 3 is 2.39 bits per heavy atom. The van der Waals surface area contributed by atoms with Gasteiger partial charge in [-0.05, 0) is 82.0 Å². The summed E-state index contributed by atoms with van der Waals surface area (Å²) in [7, 11) is 0. The highest BCUT2D eigenvalue weighted by Crippen LogP contribution is 2.54. The number of fused-ring (bicyclic) bond motifs is 1. The lowest BCUT2D eigenvalue weighted by Gasteiger charge is -2.24. The van der Waals surface area contributed by atoms with Crippen molar-refractivity contribution in [3.05, 3.63) is 134 Å². The highest BCUT2D eigenvalue weighted by molar-refractivity contribution is 7.10. The van der Waals surface area contributed by atoms with Crippen LogP contribution in [0.2, 0.25) is 0 Å². The number of thiophene rings is 1. The van der Waals surface area contributed by atoms with Gasteiger partial charge in [0.15, 0.2) is 6.10 Å². The maximum atomic E-state index is 13.7. The molecule has 1 fully saturated rings. The van der Waals surface area contributed by atoms with Crippen LogP contribution in [0.3, 0.4) is 0 Å². The van der Waals surface area contributed by atoms with E-state index in [0.29, 0.717) is 30.5 Å². The number of aryl methyl sites for hydroxylation is 1. The van der Waals surface area contributed by atoms with E-state index >= 15 is 0 Å². The number of H-pyrrole nitrogens is 1. The van der Waals surface area contributed by atoms with E-state index < -0.39 is 12.0 Å². The van der Waals surface area contributed by atoms with Crippen LogP contribution in [-0.4, -0.2) is 32.4 Å². The second-order valence-corrected chi connectivity index (χ2v) is 14.6. The fraction of sp³-hybridized carbons (Fsp3) is 0.308. The molecule has 1 aliphatic carbocycles. The third-order valence-corrected chi connectivity index (χ3v) is 10.6. The number of nitrogens with one attached hydrogen (secondary N) is 1. The molecule has 1 amide bonds. The van der Waals surface area contributed by atoms with Gasteiger partial charge in [-0.3, -0.25) is 9.59 Å². The zero-order valence-corrected chi connectivity index (χ0v) is 27.4. The van der Waals surface area contributed by atoms with Crippen molar-refractivity contribution in [3.63, 3.8) is 0 Å². The lowest BCUT2D eigenvalue weighted by molar-refractivity contribution is -0.141. The number of hydrogen-bond acceptors (Lipinski definition) is 5. The van der Waals surface area contributed by atoms with Gasteiger partial charge in [0.1, 0.15) is 5.82 Å². The molecule has 7 heteroatoms. The third-order valence-electron chi connectivity index (χ3n) is 9.48. The average Bonchev–Trinajstić information content (AvgIpc) is 3.78. The number of aromatic nitrogens is 2. The first-order chi connectivity index (χ1) is 22.1. The number of nitrogens with zero attached hydrogens (tertiary/aromatic N) is 2. The standard InChI is InChI=1S/C39H39N3O3S/c1-38(2,3)30-15-8-13-27(21-30)26-12-7-14-28(20-26)34(43)36(45)42-19-9-16-32-31(23-42)35(44)41-37(40-32)39(17-18-39)33-22-29(24-46-33)25-10-5-4-6-11-25/h4-8,10-15,20-22,24,34,43H,9,16-19,23H2,1-3H3,(H,40,41,44). The number of carbonyl (C=O) groups is 1. The molecule has 0 radical (unpaired) electrons. The molecule has 0 saturated heterocycles. The van der Waals surface area contributed by atoms with Crippen LogP contribution < -0.4 is 5.56 Å². The molecule has 2 aromatic heterocycles. The first kappa shape index (κ1) is 30.3. The summed E-state index contributed by atoms with van der Waals surface area (Å²) in [5.74, 6) is 0.326. The molecule has 1 atom stereocenters. The largest absolute Gasteiger partial charge is 0.378 e. The third kappa shape index (κ3) is 5.74. The zero-order chi connectivity index (χ0) is 32.1. The van der Waals surface area contributed by atoms with Crippen LogP contribution in [0.15, 0.2) is 95.1 Å². The van der Waals surface area contributed by atoms with Gasteiger partial charge in [0.2, 0.25) is 0 Å². The molecule has 2 aliphatic rings. The predicted molar refractivity (Wildman–Crippen MR) is 184 cm³/mol. The molecule has 1 saturated carbocycles. The number of carbonyl (C=O) groups excluding carboxylic acids is 1. The minimum atomic E-state index is -1.33. The summed E-state index contributed by atoms with van der Waals surface area (Å²) < 4.78 is 0. The Labute approximate surface area is 273 Å². The van der Waals surface area contributed by atoms with Gasteiger partial charge in [-0.15, -0.1) is 11.3 Å². The van der Waals surface area contributed by atoms with Gasteiger partial charge in [-0.25, -0.2) is 4.98 Å². The Hall–Kier alpha value is -4.33. The lowest BCUT2D eigenvalue weighted by atomic mass is 9.85. The van der Waals surface area contributed by atoms with E-state index in [0.717, 1.165) is 35.5 Å². The summed E-state index contributed by atoms with van der Waals surface area (Å²) in [5, 5.41) is 13.5. The lowest BCUT2D eigenvalue weighted by Crippen LogP contribution is -2.36. The van der Waals surface area contributed by atoms with E-state index in [2.05, 4.69) is 61.5 Å². The number of benzene rings is 3. The van der Waals surface area contributed by atoms with Crippen LogP contribution in [0, 0.1) is 0 Å². The monoisotopic (exact) mass is 629 g/mol. The second kappa shape index (κ2) is 11.8. The van der Waals surface area contributed by atoms with E-state index in [1.807, 2.05) is 48.5 Å². The molecule has 5 aromatic rings. The van der Waals surface area contributed by atoms with E-state index in [-0.39, 0.29) is 22.9 Å². The second-order valence-electron chi connectivity index (χ2n) is 13.7. The number of hydrogen-bond donors (Lipinski definition) is 2. The normalized spacial score (nSPS) is 16.4. The Morgan fingerprint density at radius 1 is 0.935 bits per heavy atom. The molecule has 2 N–H and O–H groups in total. The van der Waals surface area contributed by atoms with E-state index in [1.165, 1.54) is 21.6 Å². The van der Waals surface area contributed by atoms with Crippen LogP contribution in [0.1, 0.15) is 79.2 Å². The molecule has 234 valence electrons. The summed E-state index contributed by atoms with van der Waals surface area (Å²) in [5.41, 5.74) is 6.93. The van der Waals surface area contributed by atoms with Crippen molar-refractivity contribution in [1.82, 2.24) is 14.9 Å². The van der Waals surface area contributed by atoms with Crippen molar-refractivity contribution in [2.45, 2.75) is 69.9 Å². The molecule has 3 heterocycles. The van der Waals surface area contributed by atoms with Crippen molar-refractivity contribution < 1.29 is 9.90 Å². The SMILES string of the molecule is CC(C)(C)c1cccc(-c2cccc(C(O)C(=O)N3CCCc4nc(C5(c6cc(-c7ccccc7)cs6)CC5)[nH]c(=O)c4C3)c2)c1. The topological polar surface area (TPSA) is 86.3 Å². The van der Waals surface area contributed by atoms with Crippen molar-refractivity contribution in [2.75, 3.05) is 6.54 Å². The van der Waals surface area contributed by atoms with Crippen LogP contribution >= 0.6 is 11.3 Å². The molecule has 3 aromatic carbocycles. The van der Waals surface area contributed by atoms with Gasteiger partial charge >= 0.3 is 0 Å². The molecule has 46 heavy (non-hydrogen) atoms. The summed E-state index contributed by atoms with van der Waals surface area (Å²) in [6.45, 7) is 7.12. The average molecular weight is 630 g/mol. The van der Waals surface area contributed by atoms with Gasteiger partial charge in [0.05, 0.1) is 23.2 Å². The smallest absolute Gasteiger partial charge is 0.256 e. The van der Waals surface area contributed by atoms with Crippen LogP contribution in [0.4, 0.5) is 0 Å². The summed E-state index contributed by atoms with van der Waals surface area (Å²) in [6, 6.07) is 28.5. The summed E-state index contributed by atoms with van der Waals surface area (Å²) in [6.07, 6.45) is 1.85. The number of rotatable bonds is 6. The maximum Gasteiger partial charge on any atom is 0.256 e. The first-order valence-corrected chi connectivity index (χ1v) is 17.0. The number of aliphatic hydroxyl groups excluding tert-OH is 1. The van der Waals surface area contributed by atoms with E-state index in [4.69, 9.17) is 4.98 Å². The first-order valence-electron chi connectivity index (χ1n) is 16.1. The Bertz CT molecular complexity index is 1970. The van der Waals surface area contributed by atoms with Crippen LogP contribution in [-0.2, 0) is 28.6 Å². The van der Waals surface area contributed by atoms with E-state index in [9.17, 15) is 14.7 Å². The molecule has 6 nitrogen and oxygen atoms in total. The predicted octanol–water partition coefficient (Wildman–Crippen LogP) is 7.55. The maximum absolute atomic E-state index is 13.7. The van der Waals surface area contributed by atoms with Gasteiger partial charge in [0, 0.05) is 11.4 Å². The highest BCUT2D eigenvalue weighted by Gasteiger charge is 2.50. The molecule has 0 bridgehead atoms. The molecule has 0 spiro atoms. The van der Waals surface area contributed by atoms with Gasteiger partial charge < -0.3 is 15.0 Å². The summed E-state index contributed by atoms with van der Waals surface area (Å²) in [4.78, 5) is 38.3. The van der Waals surface area contributed by atoms with Crippen molar-refractivity contribution in [2.24, 2.45) is 0 Å². The van der Waals surface area contributed by atoms with Crippen LogP contribution in [0.25, 0.3) is 22.3 Å². The highest BCUT2D eigenvalue weighted by atomic mass is 32.1. The Balaban J connectivity index is 1.11. The van der Waals surface area contributed by atoms with Crippen molar-refractivity contribution in [1.29, 1.82) is 0 Å². The summed E-state index contributed by atoms with van der Waals surface area (Å²) >= 11 is 1.72.